The second kappa shape index (κ2) is 8.47. The summed E-state index contributed by atoms with van der Waals surface area (Å²) in [6.07, 6.45) is 1.35. The molecule has 0 aliphatic heterocycles. The quantitative estimate of drug-likeness (QED) is 0.342. The Morgan fingerprint density at radius 3 is 2.58 bits per heavy atom. The van der Waals surface area contributed by atoms with Crippen LogP contribution in [-0.2, 0) is 16.0 Å². The molecule has 0 fully saturated rings. The van der Waals surface area contributed by atoms with Gasteiger partial charge in [-0.1, -0.05) is 12.1 Å². The maximum Gasteiger partial charge on any atom is 0.310 e. The molecule has 1 heterocycles. The van der Waals surface area contributed by atoms with Crippen LogP contribution in [0, 0.1) is 10.1 Å². The molecule has 0 aliphatic rings. The van der Waals surface area contributed by atoms with E-state index in [-0.39, 0.29) is 24.7 Å². The number of pyridine rings is 1. The third-order valence-corrected chi connectivity index (χ3v) is 3.14. The maximum atomic E-state index is 11.7. The molecule has 24 heavy (non-hydrogen) atoms. The first-order valence-corrected chi connectivity index (χ1v) is 7.21. The molecule has 0 atom stereocenters. The lowest BCUT2D eigenvalue weighted by Gasteiger charge is -2.07. The number of nitrogens with one attached hydrogen (secondary N) is 1. The Bertz CT molecular complexity index is 686. The molecule has 1 N–H and O–H groups in total. The zero-order valence-corrected chi connectivity index (χ0v) is 13.1. The van der Waals surface area contributed by atoms with Gasteiger partial charge in [0.1, 0.15) is 24.4 Å². The maximum absolute atomic E-state index is 11.7. The Kier molecular flexibility index (Phi) is 6.07. The molecule has 0 bridgehead atoms. The van der Waals surface area contributed by atoms with Crippen molar-refractivity contribution in [2.24, 2.45) is 0 Å². The van der Waals surface area contributed by atoms with Crippen molar-refractivity contribution in [1.82, 2.24) is 4.98 Å². The van der Waals surface area contributed by atoms with Crippen molar-refractivity contribution in [1.29, 1.82) is 0 Å². The van der Waals surface area contributed by atoms with Crippen LogP contribution in [0.5, 0.6) is 5.75 Å². The molecule has 2 aromatic rings. The van der Waals surface area contributed by atoms with Crippen molar-refractivity contribution < 1.29 is 19.2 Å². The van der Waals surface area contributed by atoms with E-state index in [9.17, 15) is 14.9 Å². The highest BCUT2D eigenvalue weighted by Crippen LogP contribution is 2.12. The summed E-state index contributed by atoms with van der Waals surface area (Å²) in [5.74, 6) is 0.873. The molecule has 8 heteroatoms. The Morgan fingerprint density at radius 1 is 1.25 bits per heavy atom. The molecule has 2 rings (SSSR count). The second-order valence-electron chi connectivity index (χ2n) is 4.83. The number of nitro groups is 1. The molecule has 8 nitrogen and oxygen atoms in total. The van der Waals surface area contributed by atoms with Crippen LogP contribution in [0.4, 0.5) is 11.5 Å². The molecule has 0 spiro atoms. The average Bonchev–Trinajstić information content (AvgIpc) is 2.60. The van der Waals surface area contributed by atoms with Gasteiger partial charge in [0.15, 0.2) is 0 Å². The van der Waals surface area contributed by atoms with Crippen molar-refractivity contribution >= 4 is 17.5 Å². The summed E-state index contributed by atoms with van der Waals surface area (Å²) in [5.41, 5.74) is 0.761. The van der Waals surface area contributed by atoms with E-state index in [2.05, 4.69) is 10.3 Å². The predicted octanol–water partition coefficient (Wildman–Crippen LogP) is 2.20. The minimum absolute atomic E-state index is 0.0773. The second-order valence-corrected chi connectivity index (χ2v) is 4.83. The zero-order valence-electron chi connectivity index (χ0n) is 13.1. The summed E-state index contributed by atoms with van der Waals surface area (Å²) >= 11 is 0. The number of benzene rings is 1. The zero-order chi connectivity index (χ0) is 17.4. The largest absolute Gasteiger partial charge is 0.497 e. The van der Waals surface area contributed by atoms with Crippen molar-refractivity contribution in [3.8, 4) is 5.75 Å². The topological polar surface area (TPSA) is 104 Å². The fourth-order valence-corrected chi connectivity index (χ4v) is 1.90. The number of rotatable bonds is 8. The molecular weight excluding hydrogens is 314 g/mol. The summed E-state index contributed by atoms with van der Waals surface area (Å²) in [5, 5.41) is 13.4. The van der Waals surface area contributed by atoms with Crippen LogP contribution in [-0.4, -0.2) is 36.1 Å². The number of methoxy groups -OCH3 is 1. The molecule has 0 unspecified atom stereocenters. The van der Waals surface area contributed by atoms with E-state index in [0.717, 1.165) is 17.5 Å². The Morgan fingerprint density at radius 2 is 2.00 bits per heavy atom. The summed E-state index contributed by atoms with van der Waals surface area (Å²) in [6.45, 7) is 0.535. The Balaban J connectivity index is 1.69. The molecule has 0 radical (unpaired) electrons. The average molecular weight is 331 g/mol. The summed E-state index contributed by atoms with van der Waals surface area (Å²) in [4.78, 5) is 25.6. The van der Waals surface area contributed by atoms with Crippen LogP contribution in [0.25, 0.3) is 0 Å². The van der Waals surface area contributed by atoms with Gasteiger partial charge >= 0.3 is 5.97 Å². The molecule has 0 amide bonds. The van der Waals surface area contributed by atoms with Crippen molar-refractivity contribution in [3.63, 3.8) is 0 Å². The van der Waals surface area contributed by atoms with Gasteiger partial charge in [-0.05, 0) is 23.8 Å². The monoisotopic (exact) mass is 331 g/mol. The van der Waals surface area contributed by atoms with Crippen LogP contribution in [0.15, 0.2) is 42.6 Å². The van der Waals surface area contributed by atoms with Crippen molar-refractivity contribution in [2.45, 2.75) is 6.42 Å². The smallest absolute Gasteiger partial charge is 0.310 e. The van der Waals surface area contributed by atoms with Crippen molar-refractivity contribution in [3.05, 3.63) is 58.3 Å². The van der Waals surface area contributed by atoms with Gasteiger partial charge in [-0.3, -0.25) is 14.9 Å². The molecule has 0 saturated carbocycles. The molecule has 126 valence electrons. The number of hydrogen-bond donors (Lipinski definition) is 1. The third-order valence-electron chi connectivity index (χ3n) is 3.14. The Labute approximate surface area is 138 Å². The van der Waals surface area contributed by atoms with E-state index < -0.39 is 4.92 Å². The molecular formula is C16H17N3O5. The van der Waals surface area contributed by atoms with Gasteiger partial charge in [-0.15, -0.1) is 0 Å². The summed E-state index contributed by atoms with van der Waals surface area (Å²) in [6, 6.07) is 10.0. The van der Waals surface area contributed by atoms with Crippen LogP contribution in [0.1, 0.15) is 5.56 Å². The van der Waals surface area contributed by atoms with Gasteiger partial charge in [0.05, 0.1) is 25.0 Å². The van der Waals surface area contributed by atoms with Crippen LogP contribution in [0.2, 0.25) is 0 Å². The van der Waals surface area contributed by atoms with Crippen LogP contribution >= 0.6 is 0 Å². The van der Waals surface area contributed by atoms with Crippen LogP contribution < -0.4 is 10.1 Å². The van der Waals surface area contributed by atoms with E-state index >= 15 is 0 Å². The van der Waals surface area contributed by atoms with Crippen molar-refractivity contribution in [2.75, 3.05) is 25.6 Å². The third kappa shape index (κ3) is 5.24. The fourth-order valence-electron chi connectivity index (χ4n) is 1.90. The lowest BCUT2D eigenvalue weighted by molar-refractivity contribution is -0.385. The van der Waals surface area contributed by atoms with Gasteiger partial charge in [0.25, 0.3) is 5.69 Å². The van der Waals surface area contributed by atoms with Crippen LogP contribution in [0.3, 0.4) is 0 Å². The van der Waals surface area contributed by atoms with Gasteiger partial charge in [-0.2, -0.15) is 0 Å². The van der Waals surface area contributed by atoms with E-state index in [1.54, 1.807) is 31.4 Å². The number of carbonyl (C=O) groups is 1. The molecule has 1 aromatic carbocycles. The van der Waals surface area contributed by atoms with Gasteiger partial charge in [0, 0.05) is 6.07 Å². The number of ether oxygens (including phenoxy) is 2. The number of anilines is 1. The molecule has 0 aliphatic carbocycles. The minimum atomic E-state index is -0.516. The number of carbonyl (C=O) groups excluding carboxylic acids is 1. The molecule has 1 aromatic heterocycles. The van der Waals surface area contributed by atoms with E-state index in [4.69, 9.17) is 9.47 Å². The normalized spacial score (nSPS) is 10.0. The van der Waals surface area contributed by atoms with E-state index in [0.29, 0.717) is 12.4 Å². The SMILES string of the molecule is COc1ccc(CC(=O)OCCNc2ccc([N+](=O)[O-])cn2)cc1. The van der Waals surface area contributed by atoms with E-state index in [1.807, 2.05) is 0 Å². The highest BCUT2D eigenvalue weighted by atomic mass is 16.6. The van der Waals surface area contributed by atoms with E-state index in [1.165, 1.54) is 12.1 Å². The number of nitrogens with zero attached hydrogens (tertiary/aromatic N) is 2. The predicted molar refractivity (Wildman–Crippen MR) is 87.0 cm³/mol. The Hall–Kier alpha value is -3.16. The molecule has 0 saturated heterocycles. The first-order valence-electron chi connectivity index (χ1n) is 7.21. The minimum Gasteiger partial charge on any atom is -0.497 e. The first kappa shape index (κ1) is 17.2. The van der Waals surface area contributed by atoms with Gasteiger partial charge < -0.3 is 14.8 Å². The highest BCUT2D eigenvalue weighted by molar-refractivity contribution is 5.72. The number of hydrogen-bond acceptors (Lipinski definition) is 7. The first-order chi connectivity index (χ1) is 11.6. The highest BCUT2D eigenvalue weighted by Gasteiger charge is 2.06. The standard InChI is InChI=1S/C16H17N3O5/c1-23-14-5-2-12(3-6-14)10-16(20)24-9-8-17-15-7-4-13(11-18-15)19(21)22/h2-7,11H,8-10H2,1H3,(H,17,18). The summed E-state index contributed by atoms with van der Waals surface area (Å²) < 4.78 is 10.2. The number of aromatic nitrogens is 1. The number of esters is 1. The lowest BCUT2D eigenvalue weighted by atomic mass is 10.1. The fraction of sp³-hybridized carbons (Fsp3) is 0.250. The van der Waals surface area contributed by atoms with Gasteiger partial charge in [-0.25, -0.2) is 4.98 Å². The summed E-state index contributed by atoms with van der Waals surface area (Å²) in [7, 11) is 1.58. The van der Waals surface area contributed by atoms with Gasteiger partial charge in [0.2, 0.25) is 0 Å². The lowest BCUT2D eigenvalue weighted by Crippen LogP contribution is -2.15.